The van der Waals surface area contributed by atoms with E-state index in [1.54, 1.807) is 3.57 Å². The highest BCUT2D eigenvalue weighted by molar-refractivity contribution is 7.86. The van der Waals surface area contributed by atoms with Crippen LogP contribution in [0.5, 0.6) is 0 Å². The SMILES string of the molecule is CC(C)(C)[I+]c1ccccc1.O=S(=O)([O-])C(F)(F)F. The largest absolute Gasteiger partial charge is 0.741 e. The Hall–Kier alpha value is -0.350. The second kappa shape index (κ2) is 6.89. The molecule has 0 bridgehead atoms. The van der Waals surface area contributed by atoms with Gasteiger partial charge in [-0.3, -0.25) is 0 Å². The van der Waals surface area contributed by atoms with E-state index in [2.05, 4.69) is 51.1 Å². The minimum atomic E-state index is -6.09. The first-order valence-electron chi connectivity index (χ1n) is 5.06. The molecule has 0 aromatic heterocycles. The fourth-order valence-electron chi connectivity index (χ4n) is 0.805. The lowest BCUT2D eigenvalue weighted by Crippen LogP contribution is -3.67. The molecule has 0 saturated heterocycles. The molecule has 19 heavy (non-hydrogen) atoms. The highest BCUT2D eigenvalue weighted by Crippen LogP contribution is 2.20. The van der Waals surface area contributed by atoms with Gasteiger partial charge >= 0.3 is 26.7 Å². The number of benzene rings is 1. The predicted molar refractivity (Wildman–Crippen MR) is 60.6 cm³/mol. The van der Waals surface area contributed by atoms with Crippen LogP contribution in [-0.2, 0) is 10.1 Å². The smallest absolute Gasteiger partial charge is 0.485 e. The second-order valence-corrected chi connectivity index (χ2v) is 10.7. The van der Waals surface area contributed by atoms with Gasteiger partial charge in [0.1, 0.15) is 0 Å². The quantitative estimate of drug-likeness (QED) is 0.279. The van der Waals surface area contributed by atoms with Crippen LogP contribution >= 0.6 is 0 Å². The summed E-state index contributed by atoms with van der Waals surface area (Å²) in [4.78, 5) is 0. The van der Waals surface area contributed by atoms with E-state index in [4.69, 9.17) is 13.0 Å². The van der Waals surface area contributed by atoms with Crippen molar-refractivity contribution in [1.82, 2.24) is 0 Å². The molecule has 0 saturated carbocycles. The lowest BCUT2D eigenvalue weighted by atomic mass is 10.3. The predicted octanol–water partition coefficient (Wildman–Crippen LogP) is -0.205. The fraction of sp³-hybridized carbons (Fsp3) is 0.455. The second-order valence-electron chi connectivity index (χ2n) is 4.36. The number of hydrogen-bond acceptors (Lipinski definition) is 3. The van der Waals surface area contributed by atoms with E-state index in [0.717, 1.165) is 0 Å². The molecule has 0 aliphatic rings. The van der Waals surface area contributed by atoms with Gasteiger partial charge in [-0.15, -0.1) is 0 Å². The molecule has 0 aliphatic carbocycles. The van der Waals surface area contributed by atoms with Crippen molar-refractivity contribution in [2.24, 2.45) is 0 Å². The maximum atomic E-state index is 10.7. The van der Waals surface area contributed by atoms with Gasteiger partial charge in [0.05, 0.1) is 0 Å². The van der Waals surface area contributed by atoms with E-state index >= 15 is 0 Å². The van der Waals surface area contributed by atoms with Crippen LogP contribution in [0.1, 0.15) is 20.8 Å². The van der Waals surface area contributed by atoms with Gasteiger partial charge < -0.3 is 4.55 Å². The monoisotopic (exact) mass is 410 g/mol. The maximum absolute atomic E-state index is 10.7. The number of alkyl halides is 4. The van der Waals surface area contributed by atoms with Crippen LogP contribution in [0.25, 0.3) is 0 Å². The Morgan fingerprint density at radius 2 is 1.42 bits per heavy atom. The minimum absolute atomic E-state index is 0.184. The molecule has 0 heterocycles. The highest BCUT2D eigenvalue weighted by atomic mass is 127. The molecule has 0 N–H and O–H groups in total. The van der Waals surface area contributed by atoms with Crippen molar-refractivity contribution in [2.75, 3.05) is 0 Å². The summed E-state index contributed by atoms with van der Waals surface area (Å²) in [5, 5.41) is 0. The Kier molecular flexibility index (Phi) is 6.76. The van der Waals surface area contributed by atoms with Gasteiger partial charge in [-0.2, -0.15) is 13.2 Å². The molecule has 0 unspecified atom stereocenters. The molecule has 0 radical (unpaired) electrons. The molecule has 110 valence electrons. The van der Waals surface area contributed by atoms with Gasteiger partial charge in [0.25, 0.3) is 0 Å². The Labute approximate surface area is 121 Å². The maximum Gasteiger partial charge on any atom is 0.485 e. The van der Waals surface area contributed by atoms with Gasteiger partial charge in [0.2, 0.25) is 0 Å². The molecule has 0 atom stereocenters. The van der Waals surface area contributed by atoms with E-state index in [-0.39, 0.29) is 21.2 Å². The summed E-state index contributed by atoms with van der Waals surface area (Å²) in [6, 6.07) is 10.8. The van der Waals surface area contributed by atoms with Crippen molar-refractivity contribution >= 4 is 10.1 Å². The number of hydrogen-bond donors (Lipinski definition) is 0. The Morgan fingerprint density at radius 3 is 1.68 bits per heavy atom. The summed E-state index contributed by atoms with van der Waals surface area (Å²) >= 11 is 0.184. The zero-order valence-electron chi connectivity index (χ0n) is 10.5. The van der Waals surface area contributed by atoms with Crippen molar-refractivity contribution in [3.63, 3.8) is 0 Å². The third kappa shape index (κ3) is 9.22. The Morgan fingerprint density at radius 1 is 1.05 bits per heavy atom. The first kappa shape index (κ1) is 18.7. The van der Waals surface area contributed by atoms with E-state index in [1.165, 1.54) is 0 Å². The zero-order valence-corrected chi connectivity index (χ0v) is 13.5. The molecular formula is C11H14F3IO3S. The van der Waals surface area contributed by atoms with Crippen molar-refractivity contribution in [3.8, 4) is 0 Å². The summed E-state index contributed by atoms with van der Waals surface area (Å²) in [5.41, 5.74) is -5.65. The Balaban J connectivity index is 0.000000362. The molecule has 0 spiro atoms. The van der Waals surface area contributed by atoms with Crippen LogP contribution in [-0.4, -0.2) is 21.9 Å². The van der Waals surface area contributed by atoms with Crippen molar-refractivity contribution < 1.29 is 47.3 Å². The van der Waals surface area contributed by atoms with E-state index in [0.29, 0.717) is 3.42 Å². The normalized spacial score (nSPS) is 12.6. The van der Waals surface area contributed by atoms with Gasteiger partial charge in [0, 0.05) is 0 Å². The molecule has 1 aromatic carbocycles. The van der Waals surface area contributed by atoms with Gasteiger partial charge in [-0.05, 0) is 32.9 Å². The zero-order chi connectivity index (χ0) is 15.3. The van der Waals surface area contributed by atoms with Gasteiger partial charge in [0.15, 0.2) is 17.1 Å². The van der Waals surface area contributed by atoms with Crippen molar-refractivity contribution in [3.05, 3.63) is 33.9 Å². The summed E-state index contributed by atoms with van der Waals surface area (Å²) < 4.78 is 61.0. The van der Waals surface area contributed by atoms with E-state index < -0.39 is 15.6 Å². The van der Waals surface area contributed by atoms with Crippen molar-refractivity contribution in [1.29, 1.82) is 0 Å². The van der Waals surface area contributed by atoms with E-state index in [9.17, 15) is 13.2 Å². The third-order valence-electron chi connectivity index (χ3n) is 1.41. The molecular weight excluding hydrogens is 396 g/mol. The number of halogens is 4. The molecule has 0 fully saturated rings. The molecule has 8 heteroatoms. The molecule has 0 amide bonds. The van der Waals surface area contributed by atoms with Crippen LogP contribution < -0.4 is 21.2 Å². The third-order valence-corrected chi connectivity index (χ3v) is 4.94. The fourth-order valence-corrected chi connectivity index (χ4v) is 3.45. The number of rotatable bonds is 1. The summed E-state index contributed by atoms with van der Waals surface area (Å²) in [6.07, 6.45) is 0. The molecule has 0 aliphatic heterocycles. The van der Waals surface area contributed by atoms with Crippen LogP contribution in [0.15, 0.2) is 30.3 Å². The van der Waals surface area contributed by atoms with Crippen LogP contribution in [0.2, 0.25) is 0 Å². The van der Waals surface area contributed by atoms with Gasteiger partial charge in [-0.1, -0.05) is 18.2 Å². The van der Waals surface area contributed by atoms with E-state index in [1.807, 2.05) is 0 Å². The lowest BCUT2D eigenvalue weighted by molar-refractivity contribution is -0.691. The molecule has 3 nitrogen and oxygen atoms in total. The highest BCUT2D eigenvalue weighted by Gasteiger charge is 2.36. The average molecular weight is 410 g/mol. The van der Waals surface area contributed by atoms with Crippen molar-refractivity contribution in [2.45, 2.75) is 29.7 Å². The lowest BCUT2D eigenvalue weighted by Gasteiger charge is -2.08. The van der Waals surface area contributed by atoms with Gasteiger partial charge in [-0.25, -0.2) is 8.42 Å². The summed E-state index contributed by atoms with van der Waals surface area (Å²) in [7, 11) is -6.09. The van der Waals surface area contributed by atoms with Crippen LogP contribution in [0, 0.1) is 3.57 Å². The molecule has 1 aromatic rings. The minimum Gasteiger partial charge on any atom is -0.741 e. The average Bonchev–Trinajstić information content (AvgIpc) is 2.14. The summed E-state index contributed by atoms with van der Waals surface area (Å²) in [6.45, 7) is 6.94. The first-order chi connectivity index (χ1) is 8.33. The molecule has 1 rings (SSSR count). The standard InChI is InChI=1S/C10H14I.CHF3O3S/c1-10(2,3)11-9-7-5-4-6-8-9;2-1(3,4)8(5,6)7/h4-8H,1-3H3;(H,5,6,7)/q+1;/p-1. The van der Waals surface area contributed by atoms with Crippen LogP contribution in [0.3, 0.4) is 0 Å². The Bertz CT molecular complexity index is 478. The summed E-state index contributed by atoms with van der Waals surface area (Å²) in [5.74, 6) is 0. The van der Waals surface area contributed by atoms with Crippen LogP contribution in [0.4, 0.5) is 13.2 Å². The topological polar surface area (TPSA) is 57.2 Å². The first-order valence-corrected chi connectivity index (χ1v) is 8.63.